The number of aromatic nitrogens is 2. The van der Waals surface area contributed by atoms with Crippen LogP contribution in [0.1, 0.15) is 37.1 Å². The van der Waals surface area contributed by atoms with Crippen LogP contribution in [0.4, 0.5) is 0 Å². The van der Waals surface area contributed by atoms with E-state index >= 15 is 0 Å². The van der Waals surface area contributed by atoms with Crippen molar-refractivity contribution in [1.82, 2.24) is 9.97 Å². The van der Waals surface area contributed by atoms with Crippen molar-refractivity contribution in [3.8, 4) is 0 Å². The molecule has 0 spiro atoms. The second-order valence-corrected chi connectivity index (χ2v) is 4.12. The summed E-state index contributed by atoms with van der Waals surface area (Å²) in [6.45, 7) is 4.35. The van der Waals surface area contributed by atoms with Crippen molar-refractivity contribution in [1.29, 1.82) is 0 Å². The minimum Gasteiger partial charge on any atom is -0.257 e. The van der Waals surface area contributed by atoms with E-state index in [0.29, 0.717) is 11.8 Å². The number of hydrogen-bond acceptors (Lipinski definition) is 2. The van der Waals surface area contributed by atoms with Crippen molar-refractivity contribution in [2.75, 3.05) is 0 Å². The van der Waals surface area contributed by atoms with E-state index in [2.05, 4.69) is 36.0 Å². The molecule has 2 heteroatoms. The molecule has 2 nitrogen and oxygen atoms in total. The van der Waals surface area contributed by atoms with Crippen LogP contribution >= 0.6 is 0 Å². The molecule has 2 aliphatic carbocycles. The van der Waals surface area contributed by atoms with Crippen molar-refractivity contribution in [2.24, 2.45) is 0 Å². The first-order chi connectivity index (χ1) is 6.79. The number of allylic oxidation sites excluding steroid dienone is 4. The van der Waals surface area contributed by atoms with Gasteiger partial charge in [-0.1, -0.05) is 17.7 Å². The highest BCUT2D eigenvalue weighted by Gasteiger charge is 2.40. The van der Waals surface area contributed by atoms with Gasteiger partial charge < -0.3 is 0 Å². The van der Waals surface area contributed by atoms with Crippen LogP contribution in [0.15, 0.2) is 35.7 Å². The van der Waals surface area contributed by atoms with Gasteiger partial charge in [-0.05, 0) is 19.4 Å². The van der Waals surface area contributed by atoms with E-state index in [1.807, 2.05) is 0 Å². The Balaban J connectivity index is 2.26. The van der Waals surface area contributed by atoms with Gasteiger partial charge in [0.2, 0.25) is 0 Å². The van der Waals surface area contributed by atoms with Gasteiger partial charge in [-0.15, -0.1) is 0 Å². The predicted molar refractivity (Wildman–Crippen MR) is 55.0 cm³/mol. The SMILES string of the molecule is CC(C)=C1[C@H]2C=C[C@@H]1c1nccnc12. The molecule has 0 radical (unpaired) electrons. The number of fused-ring (bicyclic) bond motifs is 5. The number of hydrogen-bond donors (Lipinski definition) is 0. The minimum atomic E-state index is 0.411. The van der Waals surface area contributed by atoms with Crippen molar-refractivity contribution in [3.63, 3.8) is 0 Å². The molecule has 0 saturated heterocycles. The Morgan fingerprint density at radius 1 is 1.00 bits per heavy atom. The summed E-state index contributed by atoms with van der Waals surface area (Å²) in [5.41, 5.74) is 5.23. The van der Waals surface area contributed by atoms with Gasteiger partial charge in [-0.25, -0.2) is 0 Å². The molecule has 1 aromatic heterocycles. The smallest absolute Gasteiger partial charge is 0.0737 e. The highest BCUT2D eigenvalue weighted by Crippen LogP contribution is 2.51. The monoisotopic (exact) mass is 184 g/mol. The molecular formula is C12H12N2. The standard InChI is InChI=1S/C12H12N2/c1-7(2)10-8-3-4-9(10)12-11(8)13-5-6-14-12/h3-6,8-9H,1-2H3/t8-,9+. The average Bonchev–Trinajstić information content (AvgIpc) is 2.73. The molecule has 1 heterocycles. The molecule has 0 unspecified atom stereocenters. The zero-order valence-corrected chi connectivity index (χ0v) is 8.36. The van der Waals surface area contributed by atoms with Gasteiger partial charge in [-0.3, -0.25) is 9.97 Å². The molecule has 0 aliphatic heterocycles. The summed E-state index contributed by atoms with van der Waals surface area (Å²) < 4.78 is 0. The molecular weight excluding hydrogens is 172 g/mol. The molecule has 0 fully saturated rings. The molecule has 0 aromatic carbocycles. The summed E-state index contributed by atoms with van der Waals surface area (Å²) in [6, 6.07) is 0. The van der Waals surface area contributed by atoms with Crippen molar-refractivity contribution in [3.05, 3.63) is 47.1 Å². The van der Waals surface area contributed by atoms with E-state index < -0.39 is 0 Å². The average molecular weight is 184 g/mol. The van der Waals surface area contributed by atoms with Crippen LogP contribution < -0.4 is 0 Å². The molecule has 0 N–H and O–H groups in total. The van der Waals surface area contributed by atoms with Gasteiger partial charge in [0.1, 0.15) is 0 Å². The van der Waals surface area contributed by atoms with Crippen LogP contribution in [0.5, 0.6) is 0 Å². The van der Waals surface area contributed by atoms with Crippen LogP contribution in [0.25, 0.3) is 0 Å². The van der Waals surface area contributed by atoms with E-state index in [9.17, 15) is 0 Å². The van der Waals surface area contributed by atoms with Crippen LogP contribution in [0.2, 0.25) is 0 Å². The number of nitrogens with zero attached hydrogens (tertiary/aromatic N) is 2. The van der Waals surface area contributed by atoms with Crippen molar-refractivity contribution in [2.45, 2.75) is 25.7 Å². The van der Waals surface area contributed by atoms with Gasteiger partial charge in [-0.2, -0.15) is 0 Å². The van der Waals surface area contributed by atoms with Crippen molar-refractivity contribution < 1.29 is 0 Å². The van der Waals surface area contributed by atoms with Gasteiger partial charge in [0.15, 0.2) is 0 Å². The Hall–Kier alpha value is -1.44. The highest BCUT2D eigenvalue weighted by atomic mass is 14.8. The zero-order valence-electron chi connectivity index (χ0n) is 8.36. The first-order valence-corrected chi connectivity index (χ1v) is 4.95. The van der Waals surface area contributed by atoms with Gasteiger partial charge in [0.25, 0.3) is 0 Å². The van der Waals surface area contributed by atoms with Gasteiger partial charge in [0, 0.05) is 24.2 Å². The molecule has 0 amide bonds. The third kappa shape index (κ3) is 0.808. The quantitative estimate of drug-likeness (QED) is 0.579. The summed E-state index contributed by atoms with van der Waals surface area (Å²) in [5, 5.41) is 0. The Bertz CT molecular complexity index is 418. The van der Waals surface area contributed by atoms with Gasteiger partial charge >= 0.3 is 0 Å². The lowest BCUT2D eigenvalue weighted by atomic mass is 9.98. The molecule has 1 aromatic rings. The second-order valence-electron chi connectivity index (χ2n) is 4.12. The topological polar surface area (TPSA) is 25.8 Å². The molecule has 14 heavy (non-hydrogen) atoms. The second kappa shape index (κ2) is 2.53. The third-order valence-corrected chi connectivity index (χ3v) is 3.09. The maximum atomic E-state index is 4.43. The van der Waals surface area contributed by atoms with E-state index in [1.54, 1.807) is 12.4 Å². The minimum absolute atomic E-state index is 0.411. The first kappa shape index (κ1) is 7.92. The van der Waals surface area contributed by atoms with Gasteiger partial charge in [0.05, 0.1) is 11.4 Å². The molecule has 70 valence electrons. The van der Waals surface area contributed by atoms with E-state index in [-0.39, 0.29) is 0 Å². The fraction of sp³-hybridized carbons (Fsp3) is 0.333. The van der Waals surface area contributed by atoms with Crippen LogP contribution in [0.3, 0.4) is 0 Å². The Kier molecular flexibility index (Phi) is 1.43. The molecule has 3 rings (SSSR count). The van der Waals surface area contributed by atoms with Crippen LogP contribution in [0, 0.1) is 0 Å². The zero-order chi connectivity index (χ0) is 9.71. The third-order valence-electron chi connectivity index (χ3n) is 3.09. The lowest BCUT2D eigenvalue weighted by Gasteiger charge is -2.05. The fourth-order valence-corrected chi connectivity index (χ4v) is 2.56. The lowest BCUT2D eigenvalue weighted by molar-refractivity contribution is 0.959. The fourth-order valence-electron chi connectivity index (χ4n) is 2.56. The largest absolute Gasteiger partial charge is 0.257 e. The molecule has 2 bridgehead atoms. The predicted octanol–water partition coefficient (Wildman–Crippen LogP) is 2.56. The van der Waals surface area contributed by atoms with E-state index in [1.165, 1.54) is 11.1 Å². The lowest BCUT2D eigenvalue weighted by Crippen LogP contribution is -1.98. The maximum absolute atomic E-state index is 4.43. The normalized spacial score (nSPS) is 26.9. The summed E-state index contributed by atoms with van der Waals surface area (Å²) in [6.07, 6.45) is 8.08. The Morgan fingerprint density at radius 3 is 1.93 bits per heavy atom. The van der Waals surface area contributed by atoms with Crippen molar-refractivity contribution >= 4 is 0 Å². The molecule has 2 aliphatic rings. The summed E-state index contributed by atoms with van der Waals surface area (Å²) in [5.74, 6) is 0.822. The Labute approximate surface area is 83.4 Å². The molecule has 2 atom stereocenters. The molecule has 0 saturated carbocycles. The van der Waals surface area contributed by atoms with Crippen LogP contribution in [-0.2, 0) is 0 Å². The first-order valence-electron chi connectivity index (χ1n) is 4.95. The maximum Gasteiger partial charge on any atom is 0.0737 e. The summed E-state index contributed by atoms with van der Waals surface area (Å²) >= 11 is 0. The summed E-state index contributed by atoms with van der Waals surface area (Å²) in [4.78, 5) is 8.85. The highest BCUT2D eigenvalue weighted by molar-refractivity contribution is 5.55. The van der Waals surface area contributed by atoms with Crippen LogP contribution in [-0.4, -0.2) is 9.97 Å². The number of rotatable bonds is 0. The summed E-state index contributed by atoms with van der Waals surface area (Å²) in [7, 11) is 0. The Morgan fingerprint density at radius 2 is 1.50 bits per heavy atom. The van der Waals surface area contributed by atoms with E-state index in [4.69, 9.17) is 0 Å². The van der Waals surface area contributed by atoms with E-state index in [0.717, 1.165) is 11.4 Å².